The van der Waals surface area contributed by atoms with E-state index in [1.54, 1.807) is 14.2 Å². The highest BCUT2D eigenvalue weighted by Crippen LogP contribution is 2.31. The van der Waals surface area contributed by atoms with E-state index in [1.807, 2.05) is 18.2 Å². The average Bonchev–Trinajstić information content (AvgIpc) is 2.56. The lowest BCUT2D eigenvalue weighted by molar-refractivity contribution is 0.263. The van der Waals surface area contributed by atoms with Gasteiger partial charge in [0.25, 0.3) is 0 Å². The van der Waals surface area contributed by atoms with Gasteiger partial charge >= 0.3 is 0 Å². The zero-order valence-corrected chi connectivity index (χ0v) is 17.1. The lowest BCUT2D eigenvalue weighted by atomic mass is 9.80. The molecule has 0 fully saturated rings. The predicted octanol–water partition coefficient (Wildman–Crippen LogP) is 4.26. The molecule has 0 bridgehead atoms. The number of benzene rings is 1. The van der Waals surface area contributed by atoms with Crippen LogP contribution in [0.3, 0.4) is 0 Å². The Morgan fingerprint density at radius 2 is 1.65 bits per heavy atom. The van der Waals surface area contributed by atoms with Gasteiger partial charge in [0.15, 0.2) is 17.5 Å². The molecule has 0 atom stereocenters. The lowest BCUT2D eigenvalue weighted by Gasteiger charge is -2.28. The van der Waals surface area contributed by atoms with Crippen LogP contribution in [0.25, 0.3) is 0 Å². The maximum atomic E-state index is 6.01. The number of ether oxygens (including phenoxy) is 2. The molecule has 0 saturated heterocycles. The molecule has 0 aromatic heterocycles. The number of aliphatic imine (C=N–C) groups is 1. The molecule has 0 aliphatic heterocycles. The highest BCUT2D eigenvalue weighted by atomic mass is 127. The third kappa shape index (κ3) is 6.08. The zero-order chi connectivity index (χ0) is 16.6. The van der Waals surface area contributed by atoms with Crippen molar-refractivity contribution in [3.8, 4) is 11.5 Å². The van der Waals surface area contributed by atoms with Crippen molar-refractivity contribution in [1.29, 1.82) is 0 Å². The second-order valence-corrected chi connectivity index (χ2v) is 5.46. The molecule has 23 heavy (non-hydrogen) atoms. The summed E-state index contributed by atoms with van der Waals surface area (Å²) >= 11 is 0. The highest BCUT2D eigenvalue weighted by Gasteiger charge is 2.23. The topological polar surface area (TPSA) is 68.9 Å². The number of guanidine groups is 1. The van der Waals surface area contributed by atoms with E-state index >= 15 is 0 Å². The Kier molecular flexibility index (Phi) is 10.0. The molecule has 0 saturated carbocycles. The summed E-state index contributed by atoms with van der Waals surface area (Å²) < 4.78 is 10.5. The van der Waals surface area contributed by atoms with Gasteiger partial charge in [0, 0.05) is 18.3 Å². The number of halogens is 1. The summed E-state index contributed by atoms with van der Waals surface area (Å²) in [7, 11) is 3.22. The van der Waals surface area contributed by atoms with Gasteiger partial charge < -0.3 is 20.5 Å². The second kappa shape index (κ2) is 10.6. The van der Waals surface area contributed by atoms with Crippen LogP contribution in [0, 0.1) is 5.41 Å². The molecule has 1 rings (SSSR count). The third-order valence-electron chi connectivity index (χ3n) is 4.49. The summed E-state index contributed by atoms with van der Waals surface area (Å²) in [5.74, 6) is 1.77. The van der Waals surface area contributed by atoms with Crippen molar-refractivity contribution in [3.63, 3.8) is 0 Å². The van der Waals surface area contributed by atoms with Gasteiger partial charge in [0.05, 0.1) is 14.2 Å². The maximum absolute atomic E-state index is 6.01. The average molecular weight is 435 g/mol. The Morgan fingerprint density at radius 3 is 2.13 bits per heavy atom. The van der Waals surface area contributed by atoms with E-state index in [9.17, 15) is 0 Å². The van der Waals surface area contributed by atoms with E-state index in [1.165, 1.54) is 0 Å². The van der Waals surface area contributed by atoms with Gasteiger partial charge in [-0.05, 0) is 36.8 Å². The number of rotatable bonds is 8. The van der Waals surface area contributed by atoms with Gasteiger partial charge in [0.1, 0.15) is 0 Å². The molecule has 6 heteroatoms. The molecular weight excluding hydrogens is 405 g/mol. The van der Waals surface area contributed by atoms with Gasteiger partial charge in [-0.25, -0.2) is 0 Å². The summed E-state index contributed by atoms with van der Waals surface area (Å²) in [5, 5.41) is 3.10. The number of methoxy groups -OCH3 is 2. The maximum Gasteiger partial charge on any atom is 0.193 e. The third-order valence-corrected chi connectivity index (χ3v) is 4.49. The standard InChI is InChI=1S/C17H29N3O2.HI/c1-6-17(7-2,8-3)12-19-16(18)20-13-9-10-14(21-4)15(11-13)22-5;/h9-11H,6-8,12H2,1-5H3,(H3,18,19,20);1H. The van der Waals surface area contributed by atoms with Crippen molar-refractivity contribution in [1.82, 2.24) is 0 Å². The number of hydrogen-bond acceptors (Lipinski definition) is 3. The fraction of sp³-hybridized carbons (Fsp3) is 0.588. The fourth-order valence-corrected chi connectivity index (χ4v) is 2.44. The van der Waals surface area contributed by atoms with Crippen LogP contribution in [0.15, 0.2) is 23.2 Å². The van der Waals surface area contributed by atoms with Crippen molar-refractivity contribution in [2.75, 3.05) is 26.1 Å². The quantitative estimate of drug-likeness (QED) is 0.364. The predicted molar refractivity (Wildman–Crippen MR) is 108 cm³/mol. The molecule has 132 valence electrons. The first-order valence-electron chi connectivity index (χ1n) is 7.83. The first-order chi connectivity index (χ1) is 10.5. The van der Waals surface area contributed by atoms with Crippen LogP contribution < -0.4 is 20.5 Å². The van der Waals surface area contributed by atoms with Gasteiger partial charge in [-0.1, -0.05) is 20.8 Å². The SMILES string of the molecule is CCC(CC)(CC)CN=C(N)Nc1ccc(OC)c(OC)c1.I. The van der Waals surface area contributed by atoms with Crippen LogP contribution in [0.1, 0.15) is 40.0 Å². The molecule has 0 spiro atoms. The van der Waals surface area contributed by atoms with Gasteiger partial charge in [-0.3, -0.25) is 4.99 Å². The lowest BCUT2D eigenvalue weighted by Crippen LogP contribution is -2.27. The molecule has 5 nitrogen and oxygen atoms in total. The number of nitrogens with zero attached hydrogens (tertiary/aromatic N) is 1. The van der Waals surface area contributed by atoms with Crippen LogP contribution in [-0.2, 0) is 0 Å². The highest BCUT2D eigenvalue weighted by molar-refractivity contribution is 14.0. The molecule has 1 aromatic carbocycles. The van der Waals surface area contributed by atoms with Crippen molar-refractivity contribution < 1.29 is 9.47 Å². The Hall–Kier alpha value is -1.18. The van der Waals surface area contributed by atoms with E-state index < -0.39 is 0 Å². The normalized spacial score (nSPS) is 11.6. The fourth-order valence-electron chi connectivity index (χ4n) is 2.44. The van der Waals surface area contributed by atoms with Gasteiger partial charge in [-0.2, -0.15) is 0 Å². The number of nitrogens with two attached hydrogens (primary N) is 1. The molecule has 0 aliphatic rings. The molecule has 0 heterocycles. The molecule has 3 N–H and O–H groups in total. The Balaban J connectivity index is 0.00000484. The minimum absolute atomic E-state index is 0. The van der Waals surface area contributed by atoms with Crippen LogP contribution in [-0.4, -0.2) is 26.7 Å². The smallest absolute Gasteiger partial charge is 0.193 e. The van der Waals surface area contributed by atoms with Crippen molar-refractivity contribution in [2.45, 2.75) is 40.0 Å². The molecule has 0 aliphatic carbocycles. The van der Waals surface area contributed by atoms with E-state index in [-0.39, 0.29) is 29.4 Å². The van der Waals surface area contributed by atoms with E-state index in [2.05, 4.69) is 31.1 Å². The number of anilines is 1. The second-order valence-electron chi connectivity index (χ2n) is 5.46. The first-order valence-corrected chi connectivity index (χ1v) is 7.83. The van der Waals surface area contributed by atoms with Crippen LogP contribution >= 0.6 is 24.0 Å². The Morgan fingerprint density at radius 1 is 1.09 bits per heavy atom. The minimum Gasteiger partial charge on any atom is -0.493 e. The molecule has 0 radical (unpaired) electrons. The number of hydrogen-bond donors (Lipinski definition) is 2. The largest absolute Gasteiger partial charge is 0.493 e. The Bertz CT molecular complexity index is 494. The van der Waals surface area contributed by atoms with Gasteiger partial charge in [0.2, 0.25) is 0 Å². The summed E-state index contributed by atoms with van der Waals surface area (Å²) in [4.78, 5) is 4.51. The molecule has 0 unspecified atom stereocenters. The van der Waals surface area contributed by atoms with Gasteiger partial charge in [-0.15, -0.1) is 24.0 Å². The van der Waals surface area contributed by atoms with E-state index in [0.717, 1.165) is 31.5 Å². The van der Waals surface area contributed by atoms with Crippen LogP contribution in [0.5, 0.6) is 11.5 Å². The summed E-state index contributed by atoms with van der Waals surface area (Å²) in [6, 6.07) is 5.56. The summed E-state index contributed by atoms with van der Waals surface area (Å²) in [5.41, 5.74) is 7.07. The van der Waals surface area contributed by atoms with E-state index in [0.29, 0.717) is 17.5 Å². The summed E-state index contributed by atoms with van der Waals surface area (Å²) in [6.45, 7) is 7.37. The minimum atomic E-state index is 0. The van der Waals surface area contributed by atoms with Crippen LogP contribution in [0.4, 0.5) is 5.69 Å². The number of nitrogens with one attached hydrogen (secondary N) is 1. The zero-order valence-electron chi connectivity index (χ0n) is 14.8. The Labute approximate surface area is 157 Å². The van der Waals surface area contributed by atoms with Crippen LogP contribution in [0.2, 0.25) is 0 Å². The van der Waals surface area contributed by atoms with Crippen molar-refractivity contribution in [3.05, 3.63) is 18.2 Å². The first kappa shape index (κ1) is 21.8. The molecular formula is C17H30IN3O2. The van der Waals surface area contributed by atoms with E-state index in [4.69, 9.17) is 15.2 Å². The monoisotopic (exact) mass is 435 g/mol. The van der Waals surface area contributed by atoms with Crippen molar-refractivity contribution in [2.24, 2.45) is 16.1 Å². The summed E-state index contributed by atoms with van der Waals surface area (Å²) in [6.07, 6.45) is 3.31. The van der Waals surface area contributed by atoms with Crippen molar-refractivity contribution >= 4 is 35.6 Å². The molecule has 0 amide bonds. The molecule has 1 aromatic rings.